The fraction of sp³-hybridized carbons (Fsp3) is 0.333. The molecular formula is C15H17N3O2. The fourth-order valence-corrected chi connectivity index (χ4v) is 2.43. The van der Waals surface area contributed by atoms with Gasteiger partial charge in [-0.1, -0.05) is 5.92 Å². The van der Waals surface area contributed by atoms with Crippen molar-refractivity contribution in [2.24, 2.45) is 10.7 Å². The van der Waals surface area contributed by atoms with Gasteiger partial charge in [-0.2, -0.15) is 4.99 Å². The number of phenolic OH excluding ortho intramolecular Hbond substituents is 1. The van der Waals surface area contributed by atoms with Crippen LogP contribution >= 0.6 is 0 Å². The first-order chi connectivity index (χ1) is 9.36. The van der Waals surface area contributed by atoms with Crippen LogP contribution in [0.1, 0.15) is 29.7 Å². The van der Waals surface area contributed by atoms with Gasteiger partial charge in [-0.05, 0) is 49.6 Å². The summed E-state index contributed by atoms with van der Waals surface area (Å²) in [6.45, 7) is 5.34. The molecule has 0 spiro atoms. The number of phenols is 1. The molecule has 0 saturated carbocycles. The average Bonchev–Trinajstić information content (AvgIpc) is 2.69. The van der Waals surface area contributed by atoms with E-state index in [-0.39, 0.29) is 11.6 Å². The zero-order valence-corrected chi connectivity index (χ0v) is 11.7. The quantitative estimate of drug-likeness (QED) is 0.806. The number of amides is 2. The SMILES string of the molecule is C#CC(C)N1C(=O)N=C(N)C1c1cc(C)c(O)c(C)c1. The number of carbonyl (C=O) groups is 1. The average molecular weight is 271 g/mol. The predicted molar refractivity (Wildman–Crippen MR) is 77.5 cm³/mol. The lowest BCUT2D eigenvalue weighted by Crippen LogP contribution is -2.39. The molecule has 5 nitrogen and oxygen atoms in total. The summed E-state index contributed by atoms with van der Waals surface area (Å²) < 4.78 is 0. The number of aryl methyl sites for hydroxylation is 2. The Morgan fingerprint density at radius 2 is 2.00 bits per heavy atom. The third-order valence-electron chi connectivity index (χ3n) is 3.49. The van der Waals surface area contributed by atoms with Gasteiger partial charge in [0.15, 0.2) is 0 Å². The van der Waals surface area contributed by atoms with Crippen molar-refractivity contribution in [3.63, 3.8) is 0 Å². The molecule has 5 heteroatoms. The third kappa shape index (κ3) is 2.10. The highest BCUT2D eigenvalue weighted by molar-refractivity contribution is 6.03. The smallest absolute Gasteiger partial charge is 0.347 e. The van der Waals surface area contributed by atoms with Gasteiger partial charge in [0, 0.05) is 0 Å². The Morgan fingerprint density at radius 3 is 2.50 bits per heavy atom. The largest absolute Gasteiger partial charge is 0.507 e. The van der Waals surface area contributed by atoms with Gasteiger partial charge in [-0.3, -0.25) is 4.90 Å². The molecule has 1 aliphatic heterocycles. The van der Waals surface area contributed by atoms with Gasteiger partial charge in [0.05, 0.1) is 6.04 Å². The highest BCUT2D eigenvalue weighted by Gasteiger charge is 2.37. The molecule has 3 N–H and O–H groups in total. The van der Waals surface area contributed by atoms with Crippen molar-refractivity contribution in [3.05, 3.63) is 28.8 Å². The van der Waals surface area contributed by atoms with Crippen LogP contribution in [-0.2, 0) is 0 Å². The van der Waals surface area contributed by atoms with E-state index in [4.69, 9.17) is 12.2 Å². The number of nitrogens with two attached hydrogens (primary N) is 1. The first-order valence-corrected chi connectivity index (χ1v) is 6.29. The van der Waals surface area contributed by atoms with Gasteiger partial charge in [0.25, 0.3) is 0 Å². The van der Waals surface area contributed by atoms with Gasteiger partial charge in [0.1, 0.15) is 17.6 Å². The van der Waals surface area contributed by atoms with Crippen molar-refractivity contribution >= 4 is 11.9 Å². The van der Waals surface area contributed by atoms with Crippen molar-refractivity contribution in [1.29, 1.82) is 0 Å². The van der Waals surface area contributed by atoms with Crippen LogP contribution in [0.4, 0.5) is 4.79 Å². The van der Waals surface area contributed by atoms with Gasteiger partial charge in [-0.15, -0.1) is 6.42 Å². The van der Waals surface area contributed by atoms with E-state index in [1.165, 1.54) is 4.90 Å². The van der Waals surface area contributed by atoms with Crippen molar-refractivity contribution < 1.29 is 9.90 Å². The van der Waals surface area contributed by atoms with Crippen LogP contribution in [0, 0.1) is 26.2 Å². The number of benzene rings is 1. The summed E-state index contributed by atoms with van der Waals surface area (Å²) in [6, 6.07) is 2.27. The maximum absolute atomic E-state index is 11.9. The number of hydrogen-bond acceptors (Lipinski definition) is 3. The van der Waals surface area contributed by atoms with Crippen LogP contribution in [-0.4, -0.2) is 27.9 Å². The monoisotopic (exact) mass is 271 g/mol. The number of terminal acetylenes is 1. The van der Waals surface area contributed by atoms with E-state index in [9.17, 15) is 9.90 Å². The zero-order chi connectivity index (χ0) is 15.0. The van der Waals surface area contributed by atoms with Gasteiger partial charge < -0.3 is 10.8 Å². The minimum atomic E-state index is -0.480. The number of urea groups is 1. The molecule has 2 rings (SSSR count). The van der Waals surface area contributed by atoms with Gasteiger partial charge in [-0.25, -0.2) is 4.79 Å². The van der Waals surface area contributed by atoms with E-state index >= 15 is 0 Å². The maximum atomic E-state index is 11.9. The first-order valence-electron chi connectivity index (χ1n) is 6.29. The van der Waals surface area contributed by atoms with E-state index < -0.39 is 18.1 Å². The first kappa shape index (κ1) is 13.9. The lowest BCUT2D eigenvalue weighted by atomic mass is 9.98. The Balaban J connectivity index is 2.52. The molecule has 0 aliphatic carbocycles. The van der Waals surface area contributed by atoms with Crippen molar-refractivity contribution in [3.8, 4) is 18.1 Å². The summed E-state index contributed by atoms with van der Waals surface area (Å²) in [4.78, 5) is 17.2. The molecule has 2 atom stereocenters. The molecule has 2 unspecified atom stereocenters. The molecule has 0 fully saturated rings. The molecule has 0 aromatic heterocycles. The Hall–Kier alpha value is -2.48. The van der Waals surface area contributed by atoms with Crippen molar-refractivity contribution in [2.45, 2.75) is 32.9 Å². The summed E-state index contributed by atoms with van der Waals surface area (Å²) in [5, 5.41) is 9.84. The van der Waals surface area contributed by atoms with E-state index in [1.54, 1.807) is 32.9 Å². The van der Waals surface area contributed by atoms with Gasteiger partial charge in [0.2, 0.25) is 0 Å². The summed E-state index contributed by atoms with van der Waals surface area (Å²) in [6.07, 6.45) is 5.41. The molecule has 0 saturated heterocycles. The lowest BCUT2D eigenvalue weighted by molar-refractivity contribution is 0.199. The summed E-state index contributed by atoms with van der Waals surface area (Å²) >= 11 is 0. The van der Waals surface area contributed by atoms with E-state index in [0.29, 0.717) is 0 Å². The topological polar surface area (TPSA) is 78.9 Å². The number of aliphatic imine (C=N–C) groups is 1. The highest BCUT2D eigenvalue weighted by atomic mass is 16.3. The van der Waals surface area contributed by atoms with Crippen LogP contribution in [0.3, 0.4) is 0 Å². The molecule has 20 heavy (non-hydrogen) atoms. The molecule has 0 bridgehead atoms. The second-order valence-corrected chi connectivity index (χ2v) is 4.97. The number of carbonyl (C=O) groups excluding carboxylic acids is 1. The Labute approximate surface area is 118 Å². The molecule has 2 amide bonds. The Morgan fingerprint density at radius 1 is 1.45 bits per heavy atom. The maximum Gasteiger partial charge on any atom is 0.347 e. The molecule has 104 valence electrons. The van der Waals surface area contributed by atoms with E-state index in [0.717, 1.165) is 16.7 Å². The van der Waals surface area contributed by atoms with Crippen LogP contribution < -0.4 is 5.73 Å². The second kappa shape index (κ2) is 4.89. The zero-order valence-electron chi connectivity index (χ0n) is 11.7. The van der Waals surface area contributed by atoms with Crippen molar-refractivity contribution in [2.75, 3.05) is 0 Å². The summed E-state index contributed by atoms with van der Waals surface area (Å²) in [5.41, 5.74) is 8.12. The highest BCUT2D eigenvalue weighted by Crippen LogP contribution is 2.33. The molecular weight excluding hydrogens is 254 g/mol. The number of rotatable bonds is 2. The number of nitrogens with zero attached hydrogens (tertiary/aromatic N) is 2. The normalized spacial score (nSPS) is 19.7. The Kier molecular flexibility index (Phi) is 3.41. The molecule has 1 aromatic carbocycles. The molecule has 1 aromatic rings. The molecule has 1 heterocycles. The molecule has 1 aliphatic rings. The summed E-state index contributed by atoms with van der Waals surface area (Å²) in [7, 11) is 0. The minimum Gasteiger partial charge on any atom is -0.507 e. The summed E-state index contributed by atoms with van der Waals surface area (Å²) in [5.74, 6) is 2.99. The van der Waals surface area contributed by atoms with E-state index in [2.05, 4.69) is 10.9 Å². The minimum absolute atomic E-state index is 0.224. The fourth-order valence-electron chi connectivity index (χ4n) is 2.43. The second-order valence-electron chi connectivity index (χ2n) is 4.97. The van der Waals surface area contributed by atoms with Crippen molar-refractivity contribution in [1.82, 2.24) is 4.90 Å². The van der Waals surface area contributed by atoms with E-state index in [1.807, 2.05) is 0 Å². The number of aromatic hydroxyl groups is 1. The number of hydrogen-bond donors (Lipinski definition) is 2. The number of amidine groups is 1. The van der Waals surface area contributed by atoms with Gasteiger partial charge >= 0.3 is 6.03 Å². The van der Waals surface area contributed by atoms with Crippen LogP contribution in [0.5, 0.6) is 5.75 Å². The third-order valence-corrected chi connectivity index (χ3v) is 3.49. The predicted octanol–water partition coefficient (Wildman–Crippen LogP) is 1.86. The standard InChI is InChI=1S/C15H17N3O2/c1-5-10(4)18-12(14(16)17-15(18)20)11-6-8(2)13(19)9(3)7-11/h1,6-7,10,12,19H,2-4H3,(H2,16,17,20). The Bertz CT molecular complexity index is 620. The lowest BCUT2D eigenvalue weighted by Gasteiger charge is -2.28. The molecule has 0 radical (unpaired) electrons. The van der Waals surface area contributed by atoms with Crippen LogP contribution in [0.15, 0.2) is 17.1 Å². The van der Waals surface area contributed by atoms with Crippen LogP contribution in [0.2, 0.25) is 0 Å². The van der Waals surface area contributed by atoms with Crippen LogP contribution in [0.25, 0.3) is 0 Å².